The highest BCUT2D eigenvalue weighted by Crippen LogP contribution is 2.39. The number of hydrogen-bond donors (Lipinski definition) is 0. The summed E-state index contributed by atoms with van der Waals surface area (Å²) in [5.41, 5.74) is 10.5. The maximum absolute atomic E-state index is 5.23. The summed E-state index contributed by atoms with van der Waals surface area (Å²) in [5, 5.41) is 6.62. The summed E-state index contributed by atoms with van der Waals surface area (Å²) in [6, 6.07) is 59.1. The molecule has 4 heterocycles. The number of aromatic nitrogens is 5. The Morgan fingerprint density at radius 1 is 0.455 bits per heavy atom. The van der Waals surface area contributed by atoms with Crippen LogP contribution in [0.15, 0.2) is 181 Å². The molecule has 0 spiro atoms. The zero-order valence-electron chi connectivity index (χ0n) is 30.0. The van der Waals surface area contributed by atoms with Gasteiger partial charge in [-0.15, -0.1) is 11.3 Å². The third-order valence-electron chi connectivity index (χ3n) is 10.2. The SMILES string of the molecule is Cc1c2cc(-c3ccccc3)ccc2scc2c(c3cc(-c4ccccc4)ccc3n2-c2nc(-c3ccccc3)nc(-c3ccccc3)n2)c2ncccc12. The molecule has 10 aromatic rings. The molecule has 0 aliphatic rings. The Hall–Kier alpha value is -7.02. The summed E-state index contributed by atoms with van der Waals surface area (Å²) < 4.78 is 3.36. The molecule has 0 aliphatic heterocycles. The second-order valence-corrected chi connectivity index (χ2v) is 14.5. The lowest BCUT2D eigenvalue weighted by Gasteiger charge is -2.11. The van der Waals surface area contributed by atoms with Gasteiger partial charge in [0.2, 0.25) is 5.95 Å². The molecule has 10 rings (SSSR count). The lowest BCUT2D eigenvalue weighted by molar-refractivity contribution is 0.954. The fourth-order valence-electron chi connectivity index (χ4n) is 7.50. The third kappa shape index (κ3) is 5.89. The molecule has 0 atom stereocenters. The summed E-state index contributed by atoms with van der Waals surface area (Å²) in [6.45, 7) is 2.22. The Kier molecular flexibility index (Phi) is 8.16. The Morgan fingerprint density at radius 3 is 1.60 bits per heavy atom. The molecule has 0 aliphatic carbocycles. The second kappa shape index (κ2) is 13.8. The van der Waals surface area contributed by atoms with Crippen LogP contribution in [0.3, 0.4) is 0 Å². The van der Waals surface area contributed by atoms with E-state index < -0.39 is 0 Å². The maximum atomic E-state index is 5.23. The topological polar surface area (TPSA) is 56.5 Å². The predicted molar refractivity (Wildman–Crippen MR) is 229 cm³/mol. The molecule has 260 valence electrons. The first-order chi connectivity index (χ1) is 27.2. The molecule has 0 radical (unpaired) electrons. The van der Waals surface area contributed by atoms with Crippen molar-refractivity contribution in [1.29, 1.82) is 0 Å². The van der Waals surface area contributed by atoms with Gasteiger partial charge in [0.15, 0.2) is 11.6 Å². The summed E-state index contributed by atoms with van der Waals surface area (Å²) in [5.74, 6) is 1.76. The van der Waals surface area contributed by atoms with E-state index in [1.807, 2.05) is 72.9 Å². The highest BCUT2D eigenvalue weighted by molar-refractivity contribution is 7.16. The van der Waals surface area contributed by atoms with E-state index in [1.54, 1.807) is 11.3 Å². The van der Waals surface area contributed by atoms with Crippen LogP contribution in [0.25, 0.3) is 93.8 Å². The van der Waals surface area contributed by atoms with E-state index in [0.717, 1.165) is 59.7 Å². The van der Waals surface area contributed by atoms with Crippen LogP contribution >= 0.6 is 11.3 Å². The first-order valence-corrected chi connectivity index (χ1v) is 19.2. The summed E-state index contributed by atoms with van der Waals surface area (Å²) in [7, 11) is 0. The quantitative estimate of drug-likeness (QED) is 0.177. The fraction of sp³-hybridized carbons (Fsp3) is 0.0204. The minimum atomic E-state index is 0.542. The number of fused-ring (bicyclic) bond motifs is 6. The summed E-state index contributed by atoms with van der Waals surface area (Å²) in [6.07, 6.45) is 1.90. The van der Waals surface area contributed by atoms with Crippen LogP contribution in [0, 0.1) is 6.92 Å². The molecular formula is C49H33N5S. The molecule has 0 amide bonds. The summed E-state index contributed by atoms with van der Waals surface area (Å²) in [4.78, 5) is 20.7. The van der Waals surface area contributed by atoms with Gasteiger partial charge < -0.3 is 0 Å². The van der Waals surface area contributed by atoms with Crippen LogP contribution in [0.1, 0.15) is 5.56 Å². The Balaban J connectivity index is 1.37. The highest BCUT2D eigenvalue weighted by atomic mass is 32.1. The zero-order chi connectivity index (χ0) is 36.7. The van der Waals surface area contributed by atoms with Crippen LogP contribution in [-0.2, 0) is 0 Å². The monoisotopic (exact) mass is 723 g/mol. The van der Waals surface area contributed by atoms with E-state index in [-0.39, 0.29) is 0 Å². The van der Waals surface area contributed by atoms with Gasteiger partial charge in [-0.1, -0.05) is 140 Å². The van der Waals surface area contributed by atoms with E-state index in [9.17, 15) is 0 Å². The van der Waals surface area contributed by atoms with E-state index in [4.69, 9.17) is 19.9 Å². The predicted octanol–water partition coefficient (Wildman–Crippen LogP) is 12.8. The first kappa shape index (κ1) is 32.6. The number of aryl methyl sites for hydroxylation is 1. The van der Waals surface area contributed by atoms with E-state index in [1.165, 1.54) is 22.1 Å². The van der Waals surface area contributed by atoms with Crippen molar-refractivity contribution < 1.29 is 0 Å². The molecule has 4 aromatic heterocycles. The zero-order valence-corrected chi connectivity index (χ0v) is 30.8. The largest absolute Gasteiger partial charge is 0.277 e. The minimum absolute atomic E-state index is 0.542. The Bertz CT molecular complexity index is 3020. The van der Waals surface area contributed by atoms with Gasteiger partial charge in [-0.05, 0) is 70.5 Å². The van der Waals surface area contributed by atoms with Crippen molar-refractivity contribution in [3.63, 3.8) is 0 Å². The number of nitrogens with zero attached hydrogens (tertiary/aromatic N) is 5. The average Bonchev–Trinajstić information content (AvgIpc) is 3.61. The Morgan fingerprint density at radius 2 is 1.00 bits per heavy atom. The Labute approximate surface area is 322 Å². The molecule has 0 saturated carbocycles. The molecule has 0 saturated heterocycles. The van der Waals surface area contributed by atoms with E-state index in [2.05, 4.69) is 120 Å². The van der Waals surface area contributed by atoms with Gasteiger partial charge in [0, 0.05) is 43.6 Å². The van der Waals surface area contributed by atoms with Crippen LogP contribution in [-0.4, -0.2) is 24.5 Å². The molecule has 55 heavy (non-hydrogen) atoms. The van der Waals surface area contributed by atoms with Crippen LogP contribution in [0.4, 0.5) is 0 Å². The standard InChI is InChI=1S/C49H33N5S/c1-32-39-23-14-28-50-46(39)45-41-30-37(33-15-6-2-7-16-33)24-26-42(41)54(43(45)31-55-44-27-25-38(29-40(32)44)34-17-8-3-9-18-34)49-52-47(35-19-10-4-11-20-35)51-48(53-49)36-21-12-5-13-22-36/h2-31H,1H3. The molecule has 0 fully saturated rings. The van der Waals surface area contributed by atoms with Crippen molar-refractivity contribution in [2.75, 3.05) is 0 Å². The highest BCUT2D eigenvalue weighted by Gasteiger charge is 2.20. The van der Waals surface area contributed by atoms with Crippen molar-refractivity contribution in [3.05, 3.63) is 187 Å². The van der Waals surface area contributed by atoms with Crippen molar-refractivity contribution in [2.24, 2.45) is 0 Å². The van der Waals surface area contributed by atoms with E-state index >= 15 is 0 Å². The van der Waals surface area contributed by atoms with E-state index in [0.29, 0.717) is 17.6 Å². The molecule has 5 nitrogen and oxygen atoms in total. The normalized spacial score (nSPS) is 11.4. The van der Waals surface area contributed by atoms with Gasteiger partial charge in [0.05, 0.1) is 16.6 Å². The molecule has 0 N–H and O–H groups in total. The molecule has 6 aromatic carbocycles. The van der Waals surface area contributed by atoms with Gasteiger partial charge in [-0.25, -0.2) is 4.98 Å². The van der Waals surface area contributed by atoms with Gasteiger partial charge in [0.25, 0.3) is 0 Å². The summed E-state index contributed by atoms with van der Waals surface area (Å²) >= 11 is 1.72. The third-order valence-corrected chi connectivity index (χ3v) is 11.2. The van der Waals surface area contributed by atoms with Crippen LogP contribution in [0.2, 0.25) is 0 Å². The minimum Gasteiger partial charge on any atom is -0.277 e. The maximum Gasteiger partial charge on any atom is 0.238 e. The van der Waals surface area contributed by atoms with Crippen LogP contribution in [0.5, 0.6) is 0 Å². The second-order valence-electron chi connectivity index (χ2n) is 13.5. The van der Waals surface area contributed by atoms with Crippen LogP contribution < -0.4 is 0 Å². The fourth-order valence-corrected chi connectivity index (χ4v) is 8.45. The number of hydrogen-bond acceptors (Lipinski definition) is 5. The lowest BCUT2D eigenvalue weighted by atomic mass is 10.00. The smallest absolute Gasteiger partial charge is 0.238 e. The first-order valence-electron chi connectivity index (χ1n) is 18.3. The van der Waals surface area contributed by atoms with Gasteiger partial charge in [0.1, 0.15) is 0 Å². The van der Waals surface area contributed by atoms with Crippen molar-refractivity contribution in [2.45, 2.75) is 6.92 Å². The molecule has 6 heteroatoms. The van der Waals surface area contributed by atoms with Crippen molar-refractivity contribution >= 4 is 54.1 Å². The number of pyridine rings is 1. The molecular weight excluding hydrogens is 691 g/mol. The number of rotatable bonds is 5. The van der Waals surface area contributed by atoms with Crippen molar-refractivity contribution in [1.82, 2.24) is 24.5 Å². The number of benzene rings is 6. The average molecular weight is 724 g/mol. The van der Waals surface area contributed by atoms with Gasteiger partial charge in [-0.2, -0.15) is 9.97 Å². The molecule has 0 bridgehead atoms. The molecule has 0 unspecified atom stereocenters. The van der Waals surface area contributed by atoms with Gasteiger partial charge in [-0.3, -0.25) is 9.55 Å². The lowest BCUT2D eigenvalue weighted by Crippen LogP contribution is -2.06. The van der Waals surface area contributed by atoms with Crippen molar-refractivity contribution in [3.8, 4) is 51.0 Å². The van der Waals surface area contributed by atoms with Gasteiger partial charge >= 0.3 is 0 Å².